The summed E-state index contributed by atoms with van der Waals surface area (Å²) >= 11 is 0. The second-order valence-corrected chi connectivity index (χ2v) is 3.67. The third kappa shape index (κ3) is 8.39. The van der Waals surface area contributed by atoms with Gasteiger partial charge in [0.1, 0.15) is 0 Å². The SMILES string of the molecule is CCCCNC(C)C(=O)NCCCOC. The number of amides is 1. The molecule has 2 N–H and O–H groups in total. The monoisotopic (exact) mass is 216 g/mol. The van der Waals surface area contributed by atoms with Crippen molar-refractivity contribution < 1.29 is 9.53 Å². The first-order valence-corrected chi connectivity index (χ1v) is 5.72. The molecule has 0 aromatic carbocycles. The normalized spacial score (nSPS) is 12.5. The molecule has 1 atom stereocenters. The van der Waals surface area contributed by atoms with Crippen molar-refractivity contribution in [2.75, 3.05) is 26.8 Å². The van der Waals surface area contributed by atoms with Crippen molar-refractivity contribution in [2.24, 2.45) is 0 Å². The summed E-state index contributed by atoms with van der Waals surface area (Å²) in [6.45, 7) is 6.31. The molecule has 0 aromatic rings. The predicted molar refractivity (Wildman–Crippen MR) is 61.9 cm³/mol. The fourth-order valence-corrected chi connectivity index (χ4v) is 1.17. The fraction of sp³-hybridized carbons (Fsp3) is 0.909. The highest BCUT2D eigenvalue weighted by Gasteiger charge is 2.09. The highest BCUT2D eigenvalue weighted by molar-refractivity contribution is 5.81. The van der Waals surface area contributed by atoms with Crippen molar-refractivity contribution in [2.45, 2.75) is 39.2 Å². The van der Waals surface area contributed by atoms with Crippen LogP contribution in [0.5, 0.6) is 0 Å². The molecule has 4 heteroatoms. The topological polar surface area (TPSA) is 50.4 Å². The summed E-state index contributed by atoms with van der Waals surface area (Å²) in [4.78, 5) is 11.5. The maximum atomic E-state index is 11.5. The zero-order valence-corrected chi connectivity index (χ0v) is 10.1. The Morgan fingerprint density at radius 3 is 2.67 bits per heavy atom. The highest BCUT2D eigenvalue weighted by atomic mass is 16.5. The van der Waals surface area contributed by atoms with E-state index in [0.29, 0.717) is 13.2 Å². The van der Waals surface area contributed by atoms with Crippen LogP contribution >= 0.6 is 0 Å². The summed E-state index contributed by atoms with van der Waals surface area (Å²) < 4.78 is 4.90. The molecule has 15 heavy (non-hydrogen) atoms. The van der Waals surface area contributed by atoms with Gasteiger partial charge in [-0.15, -0.1) is 0 Å². The van der Waals surface area contributed by atoms with Gasteiger partial charge in [0.2, 0.25) is 5.91 Å². The van der Waals surface area contributed by atoms with E-state index >= 15 is 0 Å². The average Bonchev–Trinajstić information content (AvgIpc) is 2.24. The Morgan fingerprint density at radius 1 is 1.33 bits per heavy atom. The molecule has 0 bridgehead atoms. The fourth-order valence-electron chi connectivity index (χ4n) is 1.17. The molecule has 1 unspecified atom stereocenters. The number of nitrogens with one attached hydrogen (secondary N) is 2. The summed E-state index contributed by atoms with van der Waals surface area (Å²) in [5, 5.41) is 6.04. The Balaban J connectivity index is 3.42. The smallest absolute Gasteiger partial charge is 0.236 e. The van der Waals surface area contributed by atoms with Crippen LogP contribution in [0.4, 0.5) is 0 Å². The number of hydrogen-bond donors (Lipinski definition) is 2. The van der Waals surface area contributed by atoms with Crippen LogP contribution in [0.15, 0.2) is 0 Å². The molecule has 4 nitrogen and oxygen atoms in total. The lowest BCUT2D eigenvalue weighted by Crippen LogP contribution is -2.42. The first-order chi connectivity index (χ1) is 7.22. The van der Waals surface area contributed by atoms with E-state index in [-0.39, 0.29) is 11.9 Å². The van der Waals surface area contributed by atoms with Crippen LogP contribution in [-0.2, 0) is 9.53 Å². The number of hydrogen-bond acceptors (Lipinski definition) is 3. The van der Waals surface area contributed by atoms with Gasteiger partial charge in [0, 0.05) is 20.3 Å². The number of unbranched alkanes of at least 4 members (excludes halogenated alkanes) is 1. The van der Waals surface area contributed by atoms with Gasteiger partial charge in [-0.1, -0.05) is 13.3 Å². The van der Waals surface area contributed by atoms with Gasteiger partial charge in [-0.3, -0.25) is 4.79 Å². The van der Waals surface area contributed by atoms with Crippen LogP contribution in [0.25, 0.3) is 0 Å². The molecule has 0 aliphatic carbocycles. The van der Waals surface area contributed by atoms with Crippen molar-refractivity contribution in [1.29, 1.82) is 0 Å². The molecule has 0 aliphatic heterocycles. The molecule has 0 saturated carbocycles. The van der Waals surface area contributed by atoms with E-state index < -0.39 is 0 Å². The number of carbonyl (C=O) groups is 1. The largest absolute Gasteiger partial charge is 0.385 e. The van der Waals surface area contributed by atoms with Crippen molar-refractivity contribution in [1.82, 2.24) is 10.6 Å². The molecular weight excluding hydrogens is 192 g/mol. The van der Waals surface area contributed by atoms with Gasteiger partial charge in [0.25, 0.3) is 0 Å². The lowest BCUT2D eigenvalue weighted by atomic mass is 10.2. The Hall–Kier alpha value is -0.610. The van der Waals surface area contributed by atoms with E-state index in [1.165, 1.54) is 0 Å². The second-order valence-electron chi connectivity index (χ2n) is 3.67. The van der Waals surface area contributed by atoms with Gasteiger partial charge in [-0.25, -0.2) is 0 Å². The molecule has 1 amide bonds. The van der Waals surface area contributed by atoms with Gasteiger partial charge >= 0.3 is 0 Å². The number of carbonyl (C=O) groups excluding carboxylic acids is 1. The lowest BCUT2D eigenvalue weighted by molar-refractivity contribution is -0.122. The van der Waals surface area contributed by atoms with Crippen LogP contribution in [0, 0.1) is 0 Å². The Labute approximate surface area is 92.8 Å². The molecule has 0 radical (unpaired) electrons. The van der Waals surface area contributed by atoms with E-state index in [4.69, 9.17) is 4.74 Å². The third-order valence-electron chi connectivity index (χ3n) is 2.20. The van der Waals surface area contributed by atoms with Gasteiger partial charge < -0.3 is 15.4 Å². The Bertz CT molecular complexity index is 163. The Morgan fingerprint density at radius 2 is 2.07 bits per heavy atom. The third-order valence-corrected chi connectivity index (χ3v) is 2.20. The molecule has 0 saturated heterocycles. The Kier molecular flexibility index (Phi) is 9.52. The molecule has 0 fully saturated rings. The van der Waals surface area contributed by atoms with Crippen molar-refractivity contribution in [3.8, 4) is 0 Å². The summed E-state index contributed by atoms with van der Waals surface area (Å²) in [6, 6.07) is -0.0981. The van der Waals surface area contributed by atoms with Crippen LogP contribution in [0.1, 0.15) is 33.1 Å². The highest BCUT2D eigenvalue weighted by Crippen LogP contribution is 1.87. The average molecular weight is 216 g/mol. The van der Waals surface area contributed by atoms with Crippen LogP contribution in [0.3, 0.4) is 0 Å². The van der Waals surface area contributed by atoms with Crippen LogP contribution in [0.2, 0.25) is 0 Å². The van der Waals surface area contributed by atoms with E-state index in [9.17, 15) is 4.79 Å². The van der Waals surface area contributed by atoms with Crippen molar-refractivity contribution in [3.63, 3.8) is 0 Å². The summed E-state index contributed by atoms with van der Waals surface area (Å²) in [5.41, 5.74) is 0. The van der Waals surface area contributed by atoms with Gasteiger partial charge in [0.05, 0.1) is 6.04 Å². The van der Waals surface area contributed by atoms with Crippen LogP contribution < -0.4 is 10.6 Å². The second kappa shape index (κ2) is 9.93. The summed E-state index contributed by atoms with van der Waals surface area (Å²) in [6.07, 6.45) is 3.13. The molecule has 90 valence electrons. The number of methoxy groups -OCH3 is 1. The van der Waals surface area contributed by atoms with E-state index in [0.717, 1.165) is 25.8 Å². The molecule has 0 spiro atoms. The van der Waals surface area contributed by atoms with Crippen LogP contribution in [-0.4, -0.2) is 38.8 Å². The molecule has 0 rings (SSSR count). The zero-order chi connectivity index (χ0) is 11.5. The van der Waals surface area contributed by atoms with Gasteiger partial charge in [0.15, 0.2) is 0 Å². The maximum absolute atomic E-state index is 11.5. The van der Waals surface area contributed by atoms with Gasteiger partial charge in [-0.05, 0) is 26.3 Å². The van der Waals surface area contributed by atoms with E-state index in [2.05, 4.69) is 17.6 Å². The van der Waals surface area contributed by atoms with E-state index in [1.54, 1.807) is 7.11 Å². The number of ether oxygens (including phenoxy) is 1. The molecule has 0 aliphatic rings. The summed E-state index contributed by atoms with van der Waals surface area (Å²) in [7, 11) is 1.66. The lowest BCUT2D eigenvalue weighted by Gasteiger charge is -2.13. The van der Waals surface area contributed by atoms with Crippen molar-refractivity contribution in [3.05, 3.63) is 0 Å². The zero-order valence-electron chi connectivity index (χ0n) is 10.1. The predicted octanol–water partition coefficient (Wildman–Crippen LogP) is 0.917. The van der Waals surface area contributed by atoms with Crippen molar-refractivity contribution >= 4 is 5.91 Å². The van der Waals surface area contributed by atoms with Gasteiger partial charge in [-0.2, -0.15) is 0 Å². The standard InChI is InChI=1S/C11H24N2O2/c1-4-5-7-12-10(2)11(14)13-8-6-9-15-3/h10,12H,4-9H2,1-3H3,(H,13,14). The summed E-state index contributed by atoms with van der Waals surface area (Å²) in [5.74, 6) is 0.0715. The quantitative estimate of drug-likeness (QED) is 0.563. The maximum Gasteiger partial charge on any atom is 0.236 e. The first kappa shape index (κ1) is 14.4. The molecule has 0 heterocycles. The molecular formula is C11H24N2O2. The minimum atomic E-state index is -0.0981. The minimum absolute atomic E-state index is 0.0715. The molecule has 0 aromatic heterocycles. The number of rotatable bonds is 9. The first-order valence-electron chi connectivity index (χ1n) is 5.72. The minimum Gasteiger partial charge on any atom is -0.385 e. The van der Waals surface area contributed by atoms with E-state index in [1.807, 2.05) is 6.92 Å².